The van der Waals surface area contributed by atoms with Gasteiger partial charge in [-0.2, -0.15) is 0 Å². The average Bonchev–Trinajstić information content (AvgIpc) is 2.36. The van der Waals surface area contributed by atoms with E-state index >= 15 is 0 Å². The van der Waals surface area contributed by atoms with Gasteiger partial charge < -0.3 is 20.3 Å². The van der Waals surface area contributed by atoms with Gasteiger partial charge >= 0.3 is 0 Å². The lowest BCUT2D eigenvalue weighted by atomic mass is 10.3. The number of methoxy groups -OCH3 is 1. The van der Waals surface area contributed by atoms with Gasteiger partial charge in [0.05, 0.1) is 19.3 Å². The highest BCUT2D eigenvalue weighted by atomic mass is 16.5. The second-order valence-electron chi connectivity index (χ2n) is 4.21. The van der Waals surface area contributed by atoms with Crippen molar-refractivity contribution in [3.63, 3.8) is 0 Å². The van der Waals surface area contributed by atoms with Crippen LogP contribution in [0.4, 0.5) is 5.69 Å². The molecule has 0 spiro atoms. The molecule has 5 heteroatoms. The van der Waals surface area contributed by atoms with Crippen LogP contribution in [-0.4, -0.2) is 51.6 Å². The minimum Gasteiger partial charge on any atom is -0.495 e. The summed E-state index contributed by atoms with van der Waals surface area (Å²) in [6.45, 7) is 1.73. The minimum atomic E-state index is -0.0252. The van der Waals surface area contributed by atoms with Crippen molar-refractivity contribution in [3.05, 3.63) is 24.3 Å². The van der Waals surface area contributed by atoms with Gasteiger partial charge in [-0.3, -0.25) is 4.79 Å². The van der Waals surface area contributed by atoms with Gasteiger partial charge in [-0.05, 0) is 26.2 Å². The lowest BCUT2D eigenvalue weighted by Crippen LogP contribution is -2.35. The van der Waals surface area contributed by atoms with E-state index in [1.54, 1.807) is 7.11 Å². The van der Waals surface area contributed by atoms with Crippen molar-refractivity contribution >= 4 is 11.6 Å². The number of amides is 1. The van der Waals surface area contributed by atoms with Crippen LogP contribution in [0.1, 0.15) is 0 Å². The number of carbonyl (C=O) groups excluding carboxylic acids is 1. The summed E-state index contributed by atoms with van der Waals surface area (Å²) in [5.74, 6) is 0.710. The fourth-order valence-electron chi connectivity index (χ4n) is 1.45. The van der Waals surface area contributed by atoms with Crippen molar-refractivity contribution in [2.24, 2.45) is 0 Å². The summed E-state index contributed by atoms with van der Waals surface area (Å²) < 4.78 is 5.19. The molecule has 0 aliphatic heterocycles. The van der Waals surface area contributed by atoms with Gasteiger partial charge in [0, 0.05) is 13.1 Å². The highest BCUT2D eigenvalue weighted by Crippen LogP contribution is 2.22. The Morgan fingerprint density at radius 2 is 2.06 bits per heavy atom. The Hall–Kier alpha value is -1.75. The van der Waals surface area contributed by atoms with Crippen LogP contribution in [0.25, 0.3) is 0 Å². The minimum absolute atomic E-state index is 0.0252. The van der Waals surface area contributed by atoms with E-state index in [2.05, 4.69) is 10.6 Å². The van der Waals surface area contributed by atoms with Gasteiger partial charge in [0.25, 0.3) is 0 Å². The van der Waals surface area contributed by atoms with Crippen LogP contribution in [0.3, 0.4) is 0 Å². The lowest BCUT2D eigenvalue weighted by Gasteiger charge is -2.12. The first-order valence-electron chi connectivity index (χ1n) is 5.92. The topological polar surface area (TPSA) is 53.6 Å². The Morgan fingerprint density at radius 3 is 2.72 bits per heavy atom. The molecule has 1 aromatic rings. The van der Waals surface area contributed by atoms with Crippen LogP contribution >= 0.6 is 0 Å². The third-order valence-electron chi connectivity index (χ3n) is 2.43. The maximum Gasteiger partial charge on any atom is 0.239 e. The Morgan fingerprint density at radius 1 is 1.33 bits per heavy atom. The molecular formula is C13H21N3O2. The summed E-state index contributed by atoms with van der Waals surface area (Å²) in [4.78, 5) is 13.6. The van der Waals surface area contributed by atoms with E-state index in [1.165, 1.54) is 0 Å². The zero-order valence-electron chi connectivity index (χ0n) is 11.2. The normalized spacial score (nSPS) is 10.2. The Kier molecular flexibility index (Phi) is 6.00. The lowest BCUT2D eigenvalue weighted by molar-refractivity contribution is -0.119. The number of ether oxygens (including phenoxy) is 1. The molecule has 0 radical (unpaired) electrons. The van der Waals surface area contributed by atoms with Gasteiger partial charge in [-0.15, -0.1) is 0 Å². The summed E-state index contributed by atoms with van der Waals surface area (Å²) in [6.07, 6.45) is 0. The zero-order valence-corrected chi connectivity index (χ0v) is 11.2. The largest absolute Gasteiger partial charge is 0.495 e. The molecule has 0 fully saturated rings. The van der Waals surface area contributed by atoms with Crippen molar-refractivity contribution in [2.75, 3.05) is 46.2 Å². The molecule has 0 bridgehead atoms. The molecular weight excluding hydrogens is 230 g/mol. The van der Waals surface area contributed by atoms with Gasteiger partial charge in [0.2, 0.25) is 5.91 Å². The predicted molar refractivity (Wildman–Crippen MR) is 73.0 cm³/mol. The monoisotopic (exact) mass is 251 g/mol. The zero-order chi connectivity index (χ0) is 13.4. The Bertz CT molecular complexity index is 380. The number of hydrogen-bond acceptors (Lipinski definition) is 4. The molecule has 0 atom stereocenters. The molecule has 1 rings (SSSR count). The number of nitrogens with zero attached hydrogens (tertiary/aromatic N) is 1. The fourth-order valence-corrected chi connectivity index (χ4v) is 1.45. The first-order chi connectivity index (χ1) is 8.63. The standard InChI is InChI=1S/C13H21N3O2/c1-16(2)9-8-14-13(17)10-15-11-6-4-5-7-12(11)18-3/h4-7,15H,8-10H2,1-3H3,(H,14,17). The summed E-state index contributed by atoms with van der Waals surface area (Å²) in [7, 11) is 5.55. The van der Waals surface area contributed by atoms with Crippen LogP contribution in [0.2, 0.25) is 0 Å². The maximum absolute atomic E-state index is 11.6. The van der Waals surface area contributed by atoms with Crippen molar-refractivity contribution in [3.8, 4) is 5.75 Å². The third kappa shape index (κ3) is 5.05. The number of para-hydroxylation sites is 2. The first-order valence-corrected chi connectivity index (χ1v) is 5.92. The van der Waals surface area contributed by atoms with Crippen molar-refractivity contribution in [1.29, 1.82) is 0 Å². The number of rotatable bonds is 7. The number of anilines is 1. The number of hydrogen-bond donors (Lipinski definition) is 2. The van der Waals surface area contributed by atoms with Crippen LogP contribution in [0.5, 0.6) is 5.75 Å². The van der Waals surface area contributed by atoms with Crippen LogP contribution in [0.15, 0.2) is 24.3 Å². The second kappa shape index (κ2) is 7.55. The van der Waals surface area contributed by atoms with Gasteiger partial charge in [-0.25, -0.2) is 0 Å². The van der Waals surface area contributed by atoms with Crippen molar-refractivity contribution in [2.45, 2.75) is 0 Å². The SMILES string of the molecule is COc1ccccc1NCC(=O)NCCN(C)C. The summed E-state index contributed by atoms with van der Waals surface area (Å²) in [5.41, 5.74) is 0.822. The fraction of sp³-hybridized carbons (Fsp3) is 0.462. The molecule has 1 aromatic carbocycles. The molecule has 0 aromatic heterocycles. The summed E-state index contributed by atoms with van der Waals surface area (Å²) in [5, 5.41) is 5.89. The molecule has 0 saturated heterocycles. The molecule has 1 amide bonds. The maximum atomic E-state index is 11.6. The predicted octanol–water partition coefficient (Wildman–Crippen LogP) is 0.785. The molecule has 0 aliphatic rings. The second-order valence-corrected chi connectivity index (χ2v) is 4.21. The Labute approximate surface area is 108 Å². The van der Waals surface area contributed by atoms with Crippen molar-refractivity contribution in [1.82, 2.24) is 10.2 Å². The summed E-state index contributed by atoms with van der Waals surface area (Å²) >= 11 is 0. The number of carbonyl (C=O) groups is 1. The van der Waals surface area contributed by atoms with E-state index in [9.17, 15) is 4.79 Å². The van der Waals surface area contributed by atoms with E-state index in [0.29, 0.717) is 6.54 Å². The van der Waals surface area contributed by atoms with E-state index in [-0.39, 0.29) is 12.5 Å². The molecule has 5 nitrogen and oxygen atoms in total. The van der Waals surface area contributed by atoms with Crippen LogP contribution < -0.4 is 15.4 Å². The van der Waals surface area contributed by atoms with Crippen LogP contribution in [0, 0.1) is 0 Å². The smallest absolute Gasteiger partial charge is 0.239 e. The molecule has 100 valence electrons. The number of nitrogens with one attached hydrogen (secondary N) is 2. The highest BCUT2D eigenvalue weighted by molar-refractivity contribution is 5.81. The van der Waals surface area contributed by atoms with E-state index in [0.717, 1.165) is 18.0 Å². The Balaban J connectivity index is 2.33. The molecule has 18 heavy (non-hydrogen) atoms. The first kappa shape index (κ1) is 14.3. The molecule has 2 N–H and O–H groups in total. The van der Waals surface area contributed by atoms with Gasteiger partial charge in [0.1, 0.15) is 5.75 Å². The molecule has 0 saturated carbocycles. The van der Waals surface area contributed by atoms with Crippen LogP contribution in [-0.2, 0) is 4.79 Å². The van der Waals surface area contributed by atoms with E-state index in [1.807, 2.05) is 43.3 Å². The molecule has 0 unspecified atom stereocenters. The number of benzene rings is 1. The average molecular weight is 251 g/mol. The molecule has 0 heterocycles. The highest BCUT2D eigenvalue weighted by Gasteiger charge is 2.04. The third-order valence-corrected chi connectivity index (χ3v) is 2.43. The van der Waals surface area contributed by atoms with Gasteiger partial charge in [-0.1, -0.05) is 12.1 Å². The molecule has 0 aliphatic carbocycles. The number of likely N-dealkylation sites (N-methyl/N-ethyl adjacent to an activating group) is 1. The van der Waals surface area contributed by atoms with E-state index < -0.39 is 0 Å². The quantitative estimate of drug-likeness (QED) is 0.752. The summed E-state index contributed by atoms with van der Waals surface area (Å²) in [6, 6.07) is 7.52. The van der Waals surface area contributed by atoms with E-state index in [4.69, 9.17) is 4.74 Å². The van der Waals surface area contributed by atoms with Crippen molar-refractivity contribution < 1.29 is 9.53 Å². The van der Waals surface area contributed by atoms with Gasteiger partial charge in [0.15, 0.2) is 0 Å².